The number of hydrogen-bond acceptors (Lipinski definition) is 4. The van der Waals surface area contributed by atoms with Crippen molar-refractivity contribution < 1.29 is 14.3 Å². The molecule has 5 heteroatoms. The second kappa shape index (κ2) is 9.69. The molecule has 134 valence electrons. The molecule has 0 aliphatic rings. The number of ether oxygens (including phenoxy) is 2. The number of hydrogen-bond donors (Lipinski definition) is 2. The zero-order valence-corrected chi connectivity index (χ0v) is 14.8. The summed E-state index contributed by atoms with van der Waals surface area (Å²) in [6.07, 6.45) is 2.22. The van der Waals surface area contributed by atoms with Crippen LogP contribution in [0.1, 0.15) is 17.5 Å². The van der Waals surface area contributed by atoms with E-state index in [9.17, 15) is 4.79 Å². The van der Waals surface area contributed by atoms with Crippen molar-refractivity contribution in [3.63, 3.8) is 0 Å². The van der Waals surface area contributed by atoms with E-state index in [1.807, 2.05) is 48.5 Å². The van der Waals surface area contributed by atoms with Gasteiger partial charge in [0.05, 0.1) is 20.3 Å². The first-order chi connectivity index (χ1) is 12.1. The second-order valence-electron chi connectivity index (χ2n) is 5.88. The van der Waals surface area contributed by atoms with Crippen molar-refractivity contribution in [1.82, 2.24) is 5.32 Å². The Morgan fingerprint density at radius 1 is 1.04 bits per heavy atom. The molecule has 2 aromatic rings. The minimum Gasteiger partial charge on any atom is -0.493 e. The fourth-order valence-corrected chi connectivity index (χ4v) is 2.63. The fraction of sp³-hybridized carbons (Fsp3) is 0.350. The highest BCUT2D eigenvalue weighted by Gasteiger charge is 2.13. The molecule has 1 amide bonds. The lowest BCUT2D eigenvalue weighted by atomic mass is 10.1. The zero-order valence-electron chi connectivity index (χ0n) is 14.8. The summed E-state index contributed by atoms with van der Waals surface area (Å²) in [7, 11) is 3.24. The van der Waals surface area contributed by atoms with Crippen LogP contribution in [0.4, 0.5) is 0 Å². The van der Waals surface area contributed by atoms with Crippen LogP contribution in [-0.2, 0) is 17.6 Å². The molecule has 0 fully saturated rings. The summed E-state index contributed by atoms with van der Waals surface area (Å²) in [4.78, 5) is 12.1. The summed E-state index contributed by atoms with van der Waals surface area (Å²) in [5.74, 6) is 1.32. The molecule has 0 aliphatic carbocycles. The van der Waals surface area contributed by atoms with E-state index >= 15 is 0 Å². The van der Waals surface area contributed by atoms with Gasteiger partial charge in [-0.3, -0.25) is 4.79 Å². The largest absolute Gasteiger partial charge is 0.493 e. The lowest BCUT2D eigenvalue weighted by molar-refractivity contribution is -0.122. The first-order valence-electron chi connectivity index (χ1n) is 8.42. The maximum absolute atomic E-state index is 12.1. The highest BCUT2D eigenvalue weighted by atomic mass is 16.5. The highest BCUT2D eigenvalue weighted by molar-refractivity contribution is 5.81. The molecule has 0 saturated heterocycles. The smallest absolute Gasteiger partial charge is 0.237 e. The third-order valence-corrected chi connectivity index (χ3v) is 4.02. The first kappa shape index (κ1) is 18.8. The van der Waals surface area contributed by atoms with Crippen molar-refractivity contribution >= 4 is 5.91 Å². The van der Waals surface area contributed by atoms with Gasteiger partial charge >= 0.3 is 0 Å². The van der Waals surface area contributed by atoms with Crippen LogP contribution in [0.2, 0.25) is 0 Å². The number of benzene rings is 2. The van der Waals surface area contributed by atoms with E-state index in [0.717, 1.165) is 24.0 Å². The van der Waals surface area contributed by atoms with Gasteiger partial charge in [0.1, 0.15) is 0 Å². The molecule has 3 N–H and O–H groups in total. The summed E-state index contributed by atoms with van der Waals surface area (Å²) in [5.41, 5.74) is 8.17. The number of aryl methyl sites for hydroxylation is 1. The molecule has 0 bridgehead atoms. The molecule has 5 nitrogen and oxygen atoms in total. The van der Waals surface area contributed by atoms with Crippen molar-refractivity contribution in [2.24, 2.45) is 5.73 Å². The Hall–Kier alpha value is -2.53. The van der Waals surface area contributed by atoms with Crippen LogP contribution < -0.4 is 20.5 Å². The third kappa shape index (κ3) is 5.80. The Labute approximate surface area is 149 Å². The molecule has 0 spiro atoms. The predicted octanol–water partition coefficient (Wildman–Crippen LogP) is 2.32. The van der Waals surface area contributed by atoms with Crippen molar-refractivity contribution in [1.29, 1.82) is 0 Å². The van der Waals surface area contributed by atoms with Gasteiger partial charge in [-0.05, 0) is 42.5 Å². The maximum Gasteiger partial charge on any atom is 0.237 e. The first-order valence-corrected chi connectivity index (χ1v) is 8.42. The van der Waals surface area contributed by atoms with Crippen LogP contribution in [0, 0.1) is 0 Å². The lowest BCUT2D eigenvalue weighted by Crippen LogP contribution is -2.42. The molecule has 0 unspecified atom stereocenters. The molecule has 2 aromatic carbocycles. The van der Waals surface area contributed by atoms with Crippen LogP contribution >= 0.6 is 0 Å². The number of amides is 1. The fourth-order valence-electron chi connectivity index (χ4n) is 2.63. The molecule has 1 atom stereocenters. The highest BCUT2D eigenvalue weighted by Crippen LogP contribution is 2.27. The Morgan fingerprint density at radius 2 is 1.76 bits per heavy atom. The zero-order chi connectivity index (χ0) is 18.1. The summed E-state index contributed by atoms with van der Waals surface area (Å²) in [6.45, 7) is 0.593. The lowest BCUT2D eigenvalue weighted by Gasteiger charge is -2.13. The Bertz CT molecular complexity index is 674. The number of carbonyl (C=O) groups is 1. The number of nitrogens with two attached hydrogens (primary N) is 1. The van der Waals surface area contributed by atoms with Gasteiger partial charge in [-0.2, -0.15) is 0 Å². The van der Waals surface area contributed by atoms with Crippen LogP contribution in [0.15, 0.2) is 48.5 Å². The monoisotopic (exact) mass is 342 g/mol. The molecule has 0 radical (unpaired) electrons. The van der Waals surface area contributed by atoms with Gasteiger partial charge in [0.2, 0.25) is 5.91 Å². The minimum absolute atomic E-state index is 0.115. The summed E-state index contributed by atoms with van der Waals surface area (Å²) in [5, 5.41) is 2.90. The van der Waals surface area contributed by atoms with Crippen LogP contribution in [0.3, 0.4) is 0 Å². The van der Waals surface area contributed by atoms with Crippen molar-refractivity contribution in [3.8, 4) is 11.5 Å². The molecule has 0 saturated carbocycles. The second-order valence-corrected chi connectivity index (χ2v) is 5.88. The van der Waals surface area contributed by atoms with Gasteiger partial charge in [-0.25, -0.2) is 0 Å². The average molecular weight is 342 g/mol. The molecule has 0 aromatic heterocycles. The van der Waals surface area contributed by atoms with Gasteiger partial charge in [0, 0.05) is 6.54 Å². The minimum atomic E-state index is -0.525. The van der Waals surface area contributed by atoms with Crippen molar-refractivity contribution in [2.75, 3.05) is 20.8 Å². The number of rotatable bonds is 9. The molecule has 2 rings (SSSR count). The predicted molar refractivity (Wildman–Crippen MR) is 99.0 cm³/mol. The molecular weight excluding hydrogens is 316 g/mol. The summed E-state index contributed by atoms with van der Waals surface area (Å²) < 4.78 is 10.5. The summed E-state index contributed by atoms with van der Waals surface area (Å²) in [6, 6.07) is 15.1. The Kier molecular flexibility index (Phi) is 7.29. The van der Waals surface area contributed by atoms with E-state index in [2.05, 4.69) is 5.32 Å². The topological polar surface area (TPSA) is 73.6 Å². The summed E-state index contributed by atoms with van der Waals surface area (Å²) >= 11 is 0. The van der Waals surface area contributed by atoms with E-state index in [-0.39, 0.29) is 5.91 Å². The molecular formula is C20H26N2O3. The van der Waals surface area contributed by atoms with Gasteiger partial charge in [-0.15, -0.1) is 0 Å². The van der Waals surface area contributed by atoms with E-state index in [4.69, 9.17) is 15.2 Å². The van der Waals surface area contributed by atoms with Crippen LogP contribution in [0.25, 0.3) is 0 Å². The normalized spacial score (nSPS) is 11.6. The maximum atomic E-state index is 12.1. The Morgan fingerprint density at radius 3 is 2.44 bits per heavy atom. The third-order valence-electron chi connectivity index (χ3n) is 4.02. The molecule has 0 heterocycles. The molecule has 25 heavy (non-hydrogen) atoms. The van der Waals surface area contributed by atoms with E-state index in [0.29, 0.717) is 24.5 Å². The van der Waals surface area contributed by atoms with Crippen LogP contribution in [-0.4, -0.2) is 32.7 Å². The van der Waals surface area contributed by atoms with Gasteiger partial charge in [0.15, 0.2) is 11.5 Å². The van der Waals surface area contributed by atoms with E-state index < -0.39 is 6.04 Å². The number of carbonyl (C=O) groups excluding carboxylic acids is 1. The SMILES string of the molecule is COc1ccc(CCCNC(=O)[C@@H](N)Cc2ccccc2)cc1OC. The number of nitrogens with one attached hydrogen (secondary N) is 1. The quantitative estimate of drug-likeness (QED) is 0.686. The van der Waals surface area contributed by atoms with Gasteiger partial charge < -0.3 is 20.5 Å². The van der Waals surface area contributed by atoms with Crippen molar-refractivity contribution in [3.05, 3.63) is 59.7 Å². The van der Waals surface area contributed by atoms with Crippen molar-refractivity contribution in [2.45, 2.75) is 25.3 Å². The molecule has 0 aliphatic heterocycles. The van der Waals surface area contributed by atoms with Crippen LogP contribution in [0.5, 0.6) is 11.5 Å². The average Bonchev–Trinajstić information content (AvgIpc) is 2.65. The van der Waals surface area contributed by atoms with Gasteiger partial charge in [0.25, 0.3) is 0 Å². The Balaban J connectivity index is 1.74. The number of methoxy groups -OCH3 is 2. The van der Waals surface area contributed by atoms with E-state index in [1.54, 1.807) is 14.2 Å². The van der Waals surface area contributed by atoms with E-state index in [1.165, 1.54) is 0 Å². The standard InChI is InChI=1S/C20H26N2O3/c1-24-18-11-10-16(14-19(18)25-2)9-6-12-22-20(23)17(21)13-15-7-4-3-5-8-15/h3-5,7-8,10-11,14,17H,6,9,12-13,21H2,1-2H3,(H,22,23)/t17-/m0/s1. The van der Waals surface area contributed by atoms with Gasteiger partial charge in [-0.1, -0.05) is 36.4 Å².